The molecule has 1 fully saturated rings. The van der Waals surface area contributed by atoms with Crippen LogP contribution in [-0.4, -0.2) is 43.3 Å². The lowest BCUT2D eigenvalue weighted by molar-refractivity contribution is -0.137. The highest BCUT2D eigenvalue weighted by Crippen LogP contribution is 2.39. The fraction of sp³-hybridized carbons (Fsp3) is 0.955. The maximum absolute atomic E-state index is 10.3. The van der Waals surface area contributed by atoms with Crippen molar-refractivity contribution < 1.29 is 9.90 Å². The molecule has 1 aliphatic carbocycles. The van der Waals surface area contributed by atoms with Crippen molar-refractivity contribution in [2.45, 2.75) is 129 Å². The van der Waals surface area contributed by atoms with Crippen molar-refractivity contribution in [3.8, 4) is 0 Å². The summed E-state index contributed by atoms with van der Waals surface area (Å²) in [5, 5.41) is 5.87. The first-order valence-corrected chi connectivity index (χ1v) is 13.9. The van der Waals surface area contributed by atoms with Crippen molar-refractivity contribution in [3.63, 3.8) is 0 Å². The predicted molar refractivity (Wildman–Crippen MR) is 136 cm³/mol. The number of carboxylic acids is 1. The van der Waals surface area contributed by atoms with E-state index in [1.54, 1.807) is 0 Å². The van der Waals surface area contributed by atoms with Gasteiger partial charge >= 0.3 is 5.97 Å². The summed E-state index contributed by atoms with van der Waals surface area (Å²) in [6.07, 6.45) is 17.3. The van der Waals surface area contributed by atoms with E-state index in [-0.39, 0.29) is 0 Å². The molecule has 0 aliphatic heterocycles. The third-order valence-electron chi connectivity index (χ3n) is 5.32. The molecule has 1 aliphatic rings. The summed E-state index contributed by atoms with van der Waals surface area (Å²) in [6.45, 7) is 2.26. The van der Waals surface area contributed by atoms with Gasteiger partial charge in [0.1, 0.15) is 0 Å². The summed E-state index contributed by atoms with van der Waals surface area (Å²) in [5.74, 6) is -0.655. The van der Waals surface area contributed by atoms with Gasteiger partial charge in [0.15, 0.2) is 0 Å². The predicted octanol–water partition coefficient (Wildman–Crippen LogP) is 9.20. The van der Waals surface area contributed by atoms with Crippen LogP contribution in [0.4, 0.5) is 0 Å². The van der Waals surface area contributed by atoms with Crippen molar-refractivity contribution in [1.29, 1.82) is 0 Å². The first-order chi connectivity index (χ1) is 14.2. The minimum atomic E-state index is -0.655. The molecule has 0 aromatic heterocycles. The van der Waals surface area contributed by atoms with Crippen molar-refractivity contribution in [2.24, 2.45) is 0 Å². The Balaban J connectivity index is 0.000000604. The summed E-state index contributed by atoms with van der Waals surface area (Å²) < 4.78 is 0. The lowest BCUT2D eigenvalue weighted by atomic mass is 9.97. The van der Waals surface area contributed by atoms with Crippen molar-refractivity contribution in [3.05, 3.63) is 0 Å². The van der Waals surface area contributed by atoms with Gasteiger partial charge in [-0.1, -0.05) is 84.0 Å². The van der Waals surface area contributed by atoms with E-state index in [9.17, 15) is 4.79 Å². The lowest BCUT2D eigenvalue weighted by Gasteiger charge is -2.37. The van der Waals surface area contributed by atoms with Crippen LogP contribution >= 0.6 is 69.6 Å². The van der Waals surface area contributed by atoms with E-state index in [2.05, 4.69) is 6.92 Å². The Bertz CT molecular complexity index is 368. The number of hydrogen-bond acceptors (Lipinski definition) is 1. The van der Waals surface area contributed by atoms with Crippen LogP contribution in [-0.2, 0) is 4.79 Å². The SMILES string of the molecule is CCCCCCCCCCCCCCCC(=O)O.ClC1C(Cl)C(Cl)C(Cl)C(Cl)C1Cl. The molecule has 0 atom stereocenters. The van der Waals surface area contributed by atoms with Crippen molar-refractivity contribution in [2.75, 3.05) is 0 Å². The number of rotatable bonds is 14. The molecule has 0 radical (unpaired) electrons. The molecular formula is C22H38Cl6O2. The summed E-state index contributed by atoms with van der Waals surface area (Å²) in [7, 11) is 0. The normalized spacial score (nSPS) is 28.6. The summed E-state index contributed by atoms with van der Waals surface area (Å²) in [5.41, 5.74) is 0. The molecule has 180 valence electrons. The van der Waals surface area contributed by atoms with Crippen molar-refractivity contribution in [1.82, 2.24) is 0 Å². The van der Waals surface area contributed by atoms with Gasteiger partial charge in [-0.25, -0.2) is 0 Å². The van der Waals surface area contributed by atoms with Crippen LogP contribution in [0, 0.1) is 0 Å². The van der Waals surface area contributed by atoms with E-state index in [0.29, 0.717) is 6.42 Å². The molecule has 0 bridgehead atoms. The number of aliphatic carboxylic acids is 1. The van der Waals surface area contributed by atoms with Crippen LogP contribution in [0.5, 0.6) is 0 Å². The quantitative estimate of drug-likeness (QED) is 0.174. The molecule has 30 heavy (non-hydrogen) atoms. The molecule has 0 amide bonds. The van der Waals surface area contributed by atoms with Crippen molar-refractivity contribution >= 4 is 75.6 Å². The molecule has 0 spiro atoms. The molecule has 8 heteroatoms. The first kappa shape index (κ1) is 31.2. The molecule has 0 saturated heterocycles. The van der Waals surface area contributed by atoms with E-state index in [4.69, 9.17) is 74.7 Å². The zero-order chi connectivity index (χ0) is 22.9. The van der Waals surface area contributed by atoms with E-state index in [1.165, 1.54) is 70.6 Å². The monoisotopic (exact) mass is 544 g/mol. The highest BCUT2D eigenvalue weighted by atomic mass is 35.5. The largest absolute Gasteiger partial charge is 0.481 e. The van der Waals surface area contributed by atoms with Gasteiger partial charge in [-0.3, -0.25) is 4.79 Å². The Morgan fingerprint density at radius 2 is 0.767 bits per heavy atom. The Kier molecular flexibility index (Phi) is 20.5. The Morgan fingerprint density at radius 1 is 0.533 bits per heavy atom. The molecule has 0 aromatic carbocycles. The van der Waals surface area contributed by atoms with Gasteiger partial charge < -0.3 is 5.11 Å². The molecule has 0 aromatic rings. The van der Waals surface area contributed by atoms with Gasteiger partial charge in [0, 0.05) is 6.42 Å². The minimum Gasteiger partial charge on any atom is -0.481 e. The molecular weight excluding hydrogens is 509 g/mol. The number of unbranched alkanes of at least 4 members (excludes halogenated alkanes) is 12. The highest BCUT2D eigenvalue weighted by Gasteiger charge is 2.46. The van der Waals surface area contributed by atoms with Gasteiger partial charge in [0.05, 0.1) is 32.3 Å². The zero-order valence-corrected chi connectivity index (χ0v) is 22.5. The van der Waals surface area contributed by atoms with E-state index in [0.717, 1.165) is 12.8 Å². The van der Waals surface area contributed by atoms with Gasteiger partial charge in [-0.2, -0.15) is 0 Å². The lowest BCUT2D eigenvalue weighted by Crippen LogP contribution is -2.52. The smallest absolute Gasteiger partial charge is 0.303 e. The summed E-state index contributed by atoms with van der Waals surface area (Å²) in [6, 6.07) is 0. The highest BCUT2D eigenvalue weighted by molar-refractivity contribution is 6.45. The fourth-order valence-corrected chi connectivity index (χ4v) is 5.68. The standard InChI is InChI=1S/C16H32O2.C6H6Cl6/c1-2-3-4-5-6-7-8-9-10-11-12-13-14-15-16(17)18;7-1-2(8)4(10)6(12)5(11)3(1)9/h2-15H2,1H3,(H,17,18);1-6H. The molecule has 1 rings (SSSR count). The molecule has 2 nitrogen and oxygen atoms in total. The third-order valence-corrected chi connectivity index (χ3v) is 9.35. The molecule has 1 saturated carbocycles. The third kappa shape index (κ3) is 14.4. The second-order valence-electron chi connectivity index (χ2n) is 8.05. The Labute approximate surface area is 213 Å². The van der Waals surface area contributed by atoms with Gasteiger partial charge in [-0.15, -0.1) is 69.6 Å². The summed E-state index contributed by atoms with van der Waals surface area (Å²) in [4.78, 5) is 10.3. The van der Waals surface area contributed by atoms with E-state index in [1.807, 2.05) is 0 Å². The molecule has 1 N–H and O–H groups in total. The van der Waals surface area contributed by atoms with Crippen LogP contribution in [0.15, 0.2) is 0 Å². The van der Waals surface area contributed by atoms with E-state index < -0.39 is 38.2 Å². The van der Waals surface area contributed by atoms with Crippen LogP contribution in [0.1, 0.15) is 96.8 Å². The number of carbonyl (C=O) groups is 1. The topological polar surface area (TPSA) is 37.3 Å². The number of halogens is 6. The second kappa shape index (κ2) is 19.7. The first-order valence-electron chi connectivity index (χ1n) is 11.3. The van der Waals surface area contributed by atoms with Crippen LogP contribution in [0.25, 0.3) is 0 Å². The summed E-state index contributed by atoms with van der Waals surface area (Å²) >= 11 is 35.3. The molecule has 0 heterocycles. The van der Waals surface area contributed by atoms with Gasteiger partial charge in [0.2, 0.25) is 0 Å². The van der Waals surface area contributed by atoms with E-state index >= 15 is 0 Å². The van der Waals surface area contributed by atoms with Crippen LogP contribution in [0.2, 0.25) is 0 Å². The number of hydrogen-bond donors (Lipinski definition) is 1. The second-order valence-corrected chi connectivity index (χ2v) is 11.1. The minimum absolute atomic E-state index is 0.345. The molecule has 0 unspecified atom stereocenters. The Hall–Kier alpha value is 1.21. The van der Waals surface area contributed by atoms with Crippen LogP contribution < -0.4 is 0 Å². The number of carboxylic acid groups (broad SMARTS) is 1. The van der Waals surface area contributed by atoms with Gasteiger partial charge in [0.25, 0.3) is 0 Å². The zero-order valence-electron chi connectivity index (χ0n) is 18.0. The average Bonchev–Trinajstić information content (AvgIpc) is 2.73. The van der Waals surface area contributed by atoms with Crippen LogP contribution in [0.3, 0.4) is 0 Å². The average molecular weight is 547 g/mol. The maximum Gasteiger partial charge on any atom is 0.303 e. The maximum atomic E-state index is 10.3. The fourth-order valence-electron chi connectivity index (χ4n) is 3.35. The Morgan fingerprint density at radius 3 is 1.00 bits per heavy atom. The van der Waals surface area contributed by atoms with Gasteiger partial charge in [-0.05, 0) is 6.42 Å². The number of alkyl halides is 6.